The van der Waals surface area contributed by atoms with Crippen LogP contribution in [0.4, 0.5) is 4.79 Å². The van der Waals surface area contributed by atoms with Crippen LogP contribution in [0, 0.1) is 0 Å². The maximum Gasteiger partial charge on any atom is 0.323 e. The SMILES string of the molecule is CN(C)C(=O)N(CC(=O)O)CC(=O)O. The predicted octanol–water partition coefficient (Wildman–Crippen LogP) is -0.861. The topological polar surface area (TPSA) is 98.2 Å². The fourth-order valence-corrected chi connectivity index (χ4v) is 0.801. The van der Waals surface area contributed by atoms with E-state index >= 15 is 0 Å². The van der Waals surface area contributed by atoms with Crippen LogP contribution in [-0.4, -0.2) is 65.2 Å². The molecular formula is C7H12N2O5. The quantitative estimate of drug-likeness (QED) is 0.620. The molecule has 14 heavy (non-hydrogen) atoms. The molecule has 0 rings (SSSR count). The normalized spacial score (nSPS) is 9.29. The van der Waals surface area contributed by atoms with Crippen molar-refractivity contribution < 1.29 is 24.6 Å². The van der Waals surface area contributed by atoms with E-state index < -0.39 is 31.1 Å². The Kier molecular flexibility index (Phi) is 4.41. The van der Waals surface area contributed by atoms with Crippen molar-refractivity contribution in [3.8, 4) is 0 Å². The molecule has 0 aromatic rings. The van der Waals surface area contributed by atoms with Crippen LogP contribution in [-0.2, 0) is 9.59 Å². The second kappa shape index (κ2) is 5.05. The van der Waals surface area contributed by atoms with Gasteiger partial charge in [0.05, 0.1) is 0 Å². The maximum atomic E-state index is 11.2. The summed E-state index contributed by atoms with van der Waals surface area (Å²) in [5.74, 6) is -2.50. The van der Waals surface area contributed by atoms with Gasteiger partial charge in [-0.05, 0) is 0 Å². The minimum absolute atomic E-state index is 0.622. The van der Waals surface area contributed by atoms with Crippen molar-refractivity contribution in [3.63, 3.8) is 0 Å². The van der Waals surface area contributed by atoms with E-state index in [-0.39, 0.29) is 0 Å². The Morgan fingerprint density at radius 2 is 1.36 bits per heavy atom. The summed E-state index contributed by atoms with van der Waals surface area (Å²) in [6.45, 7) is -1.24. The van der Waals surface area contributed by atoms with Gasteiger partial charge in [0.2, 0.25) is 0 Å². The lowest BCUT2D eigenvalue weighted by Crippen LogP contribution is -2.44. The lowest BCUT2D eigenvalue weighted by molar-refractivity contribution is -0.140. The Labute approximate surface area is 80.5 Å². The number of carboxylic acids is 2. The molecule has 7 nitrogen and oxygen atoms in total. The summed E-state index contributed by atoms with van der Waals surface area (Å²) in [5.41, 5.74) is 0. The lowest BCUT2D eigenvalue weighted by Gasteiger charge is -2.22. The number of carbonyl (C=O) groups excluding carboxylic acids is 1. The first-order chi connectivity index (χ1) is 6.34. The molecular weight excluding hydrogens is 192 g/mol. The highest BCUT2D eigenvalue weighted by Gasteiger charge is 2.20. The van der Waals surface area contributed by atoms with E-state index in [0.717, 1.165) is 9.80 Å². The Bertz CT molecular complexity index is 234. The molecule has 0 bridgehead atoms. The van der Waals surface area contributed by atoms with Crippen LogP contribution in [0.5, 0.6) is 0 Å². The Hall–Kier alpha value is -1.79. The number of amides is 2. The molecule has 0 heterocycles. The number of nitrogens with zero attached hydrogens (tertiary/aromatic N) is 2. The van der Waals surface area contributed by atoms with Gasteiger partial charge in [-0.2, -0.15) is 0 Å². The van der Waals surface area contributed by atoms with Crippen LogP contribution in [0.3, 0.4) is 0 Å². The molecule has 0 aromatic carbocycles. The third-order valence-corrected chi connectivity index (χ3v) is 1.31. The van der Waals surface area contributed by atoms with E-state index in [1.807, 2.05) is 0 Å². The van der Waals surface area contributed by atoms with Crippen LogP contribution in [0.2, 0.25) is 0 Å². The third kappa shape index (κ3) is 4.29. The zero-order chi connectivity index (χ0) is 11.3. The minimum atomic E-state index is -1.25. The number of carbonyl (C=O) groups is 3. The van der Waals surface area contributed by atoms with Crippen molar-refractivity contribution in [1.82, 2.24) is 9.80 Å². The molecule has 0 aliphatic rings. The molecule has 7 heteroatoms. The number of urea groups is 1. The molecule has 2 N–H and O–H groups in total. The van der Waals surface area contributed by atoms with Crippen molar-refractivity contribution in [2.75, 3.05) is 27.2 Å². The van der Waals surface area contributed by atoms with Gasteiger partial charge < -0.3 is 20.0 Å². The molecule has 0 unspecified atom stereocenters. The maximum absolute atomic E-state index is 11.2. The monoisotopic (exact) mass is 204 g/mol. The molecule has 2 amide bonds. The largest absolute Gasteiger partial charge is 0.480 e. The van der Waals surface area contributed by atoms with Crippen molar-refractivity contribution in [1.29, 1.82) is 0 Å². The number of carboxylic acid groups (broad SMARTS) is 2. The fourth-order valence-electron chi connectivity index (χ4n) is 0.801. The molecule has 0 aliphatic carbocycles. The highest BCUT2D eigenvalue weighted by molar-refractivity contribution is 5.83. The Morgan fingerprint density at radius 3 is 1.57 bits per heavy atom. The van der Waals surface area contributed by atoms with E-state index in [2.05, 4.69) is 0 Å². The number of aliphatic carboxylic acids is 2. The number of hydrogen-bond donors (Lipinski definition) is 2. The molecule has 0 saturated heterocycles. The van der Waals surface area contributed by atoms with E-state index in [1.54, 1.807) is 0 Å². The van der Waals surface area contributed by atoms with Crippen molar-refractivity contribution >= 4 is 18.0 Å². The smallest absolute Gasteiger partial charge is 0.323 e. The van der Waals surface area contributed by atoms with Gasteiger partial charge in [0.15, 0.2) is 0 Å². The zero-order valence-electron chi connectivity index (χ0n) is 7.93. The summed E-state index contributed by atoms with van der Waals surface area (Å²) in [6, 6.07) is -0.644. The summed E-state index contributed by atoms with van der Waals surface area (Å²) in [6.07, 6.45) is 0. The van der Waals surface area contributed by atoms with Crippen molar-refractivity contribution in [2.45, 2.75) is 0 Å². The van der Waals surface area contributed by atoms with Crippen LogP contribution in [0.25, 0.3) is 0 Å². The van der Waals surface area contributed by atoms with Gasteiger partial charge in [-0.3, -0.25) is 9.59 Å². The van der Waals surface area contributed by atoms with Gasteiger partial charge in [-0.25, -0.2) is 4.79 Å². The van der Waals surface area contributed by atoms with E-state index in [4.69, 9.17) is 10.2 Å². The first-order valence-corrected chi connectivity index (χ1v) is 3.74. The second-order valence-corrected chi connectivity index (χ2v) is 2.82. The summed E-state index contributed by atoms with van der Waals surface area (Å²) in [5, 5.41) is 16.8. The van der Waals surface area contributed by atoms with Crippen LogP contribution in [0.15, 0.2) is 0 Å². The first kappa shape index (κ1) is 12.2. The number of hydrogen-bond acceptors (Lipinski definition) is 3. The van der Waals surface area contributed by atoms with Gasteiger partial charge in [0.1, 0.15) is 13.1 Å². The fraction of sp³-hybridized carbons (Fsp3) is 0.571. The van der Waals surface area contributed by atoms with Crippen LogP contribution < -0.4 is 0 Å². The minimum Gasteiger partial charge on any atom is -0.480 e. The van der Waals surface area contributed by atoms with Crippen LogP contribution >= 0.6 is 0 Å². The highest BCUT2D eigenvalue weighted by atomic mass is 16.4. The van der Waals surface area contributed by atoms with E-state index in [9.17, 15) is 14.4 Å². The standard InChI is InChI=1S/C7H12N2O5/c1-8(2)7(14)9(3-5(10)11)4-6(12)13/h3-4H2,1-2H3,(H,10,11)(H,12,13). The van der Waals surface area contributed by atoms with Gasteiger partial charge in [0.25, 0.3) is 0 Å². The molecule has 0 aromatic heterocycles. The van der Waals surface area contributed by atoms with E-state index in [1.165, 1.54) is 14.1 Å². The summed E-state index contributed by atoms with van der Waals surface area (Å²) < 4.78 is 0. The van der Waals surface area contributed by atoms with Crippen LogP contribution in [0.1, 0.15) is 0 Å². The molecule has 0 saturated carbocycles. The van der Waals surface area contributed by atoms with Gasteiger partial charge in [-0.15, -0.1) is 0 Å². The molecule has 0 atom stereocenters. The summed E-state index contributed by atoms with van der Waals surface area (Å²) in [4.78, 5) is 33.7. The summed E-state index contributed by atoms with van der Waals surface area (Å²) >= 11 is 0. The highest BCUT2D eigenvalue weighted by Crippen LogP contribution is 1.94. The van der Waals surface area contributed by atoms with Crippen molar-refractivity contribution in [3.05, 3.63) is 0 Å². The number of rotatable bonds is 4. The first-order valence-electron chi connectivity index (χ1n) is 3.74. The Morgan fingerprint density at radius 1 is 1.00 bits per heavy atom. The zero-order valence-corrected chi connectivity index (χ0v) is 7.93. The molecule has 0 radical (unpaired) electrons. The lowest BCUT2D eigenvalue weighted by atomic mass is 10.5. The van der Waals surface area contributed by atoms with Gasteiger partial charge >= 0.3 is 18.0 Å². The summed E-state index contributed by atoms with van der Waals surface area (Å²) in [7, 11) is 2.83. The van der Waals surface area contributed by atoms with Crippen molar-refractivity contribution in [2.24, 2.45) is 0 Å². The van der Waals surface area contributed by atoms with Gasteiger partial charge in [0, 0.05) is 14.1 Å². The second-order valence-electron chi connectivity index (χ2n) is 2.82. The molecule has 0 spiro atoms. The average molecular weight is 204 g/mol. The van der Waals surface area contributed by atoms with Gasteiger partial charge in [-0.1, -0.05) is 0 Å². The average Bonchev–Trinajstić information content (AvgIpc) is 1.99. The molecule has 0 fully saturated rings. The Balaban J connectivity index is 4.46. The molecule has 0 aliphatic heterocycles. The third-order valence-electron chi connectivity index (χ3n) is 1.31. The van der Waals surface area contributed by atoms with E-state index in [0.29, 0.717) is 0 Å². The predicted molar refractivity (Wildman–Crippen MR) is 45.9 cm³/mol. The molecule has 80 valence electrons.